The third kappa shape index (κ3) is 14.9. The van der Waals surface area contributed by atoms with Crippen LogP contribution in [0.1, 0.15) is 76.2 Å². The monoisotopic (exact) mass is 1220 g/mol. The molecule has 15 N–H and O–H groups in total. The topological polar surface area (TPSA) is 385 Å². The van der Waals surface area contributed by atoms with E-state index in [2.05, 4.69) is 86.8 Å². The van der Waals surface area contributed by atoms with Crippen molar-refractivity contribution < 1.29 is 34.2 Å². The first-order valence-electron chi connectivity index (χ1n) is 25.7. The second-order valence-corrected chi connectivity index (χ2v) is 19.8. The van der Waals surface area contributed by atoms with Crippen molar-refractivity contribution in [1.82, 2.24) is 40.4 Å². The Hall–Kier alpha value is -10.4. The molecule has 0 saturated heterocycles. The van der Waals surface area contributed by atoms with Crippen molar-refractivity contribution in [3.8, 4) is 23.0 Å². The zero-order chi connectivity index (χ0) is 61.5. The van der Waals surface area contributed by atoms with E-state index in [9.17, 15) is 53.7 Å². The van der Waals surface area contributed by atoms with Gasteiger partial charge in [0.2, 0.25) is 5.75 Å². The number of carbonyl (C=O) groups is 2. The molecule has 5 aromatic carbocycles. The number of aromatic amines is 6. The Bertz CT molecular complexity index is 4060. The minimum atomic E-state index is -0.589. The van der Waals surface area contributed by atoms with Crippen LogP contribution in [0.3, 0.4) is 0 Å². The van der Waals surface area contributed by atoms with Crippen molar-refractivity contribution in [2.45, 2.75) is 38.8 Å². The first kappa shape index (κ1) is 62.8. The van der Waals surface area contributed by atoms with Gasteiger partial charge in [0.25, 0.3) is 39.6 Å². The number of aliphatic hydroxyl groups is 1. The molecule has 0 spiro atoms. The number of nitrogens with zero attached hydrogens (tertiary/aromatic N) is 3. The van der Waals surface area contributed by atoms with Gasteiger partial charge in [-0.2, -0.15) is 0 Å². The highest BCUT2D eigenvalue weighted by atomic mass is 79.9. The van der Waals surface area contributed by atoms with E-state index in [-0.39, 0.29) is 96.6 Å². The largest absolute Gasteiger partial charge is 0.505 e. The smallest absolute Gasteiger partial charge is 0.370 e. The number of para-hydroxylation sites is 3. The van der Waals surface area contributed by atoms with Crippen LogP contribution in [0.25, 0.3) is 0 Å². The summed E-state index contributed by atoms with van der Waals surface area (Å²) < 4.78 is 7.05. The number of carbonyl (C=O) groups excluding carboxylic acids is 2. The summed E-state index contributed by atoms with van der Waals surface area (Å²) in [5, 5.41) is 55.7. The highest BCUT2D eigenvalue weighted by molar-refractivity contribution is 9.10. The minimum absolute atomic E-state index is 0.0139. The van der Waals surface area contributed by atoms with Crippen molar-refractivity contribution >= 4 is 73.5 Å². The molecule has 0 radical (unpaired) electrons. The SMILES string of the molecule is CC[C@@H](N)c1ccccc1.CC[C@@H](Nc1c(Nc2cccc(C(=O)N(C)C)c2O)c(=O)[nH][nH]c1=O)c1ccccc1.CN(C)C(=O)c1cccc(Nc2c(Br)c(=O)[nH][nH]c2=O)c1O.C[N+](C)=C(O)c1cccc2c1Oc1c(c(=O)[nH][nH]c1=O)N2. The Morgan fingerprint density at radius 2 is 1.02 bits per heavy atom. The molecule has 2 amide bonds. The van der Waals surface area contributed by atoms with E-state index in [4.69, 9.17) is 10.5 Å². The van der Waals surface area contributed by atoms with Crippen LogP contribution in [-0.2, 0) is 0 Å². The Balaban J connectivity index is 0.000000190. The van der Waals surface area contributed by atoms with Gasteiger partial charge in [0.15, 0.2) is 22.9 Å². The molecule has 3 aromatic heterocycles. The number of ether oxygens (including phenoxy) is 1. The summed E-state index contributed by atoms with van der Waals surface area (Å²) in [6.07, 6.45) is 1.66. The molecule has 440 valence electrons. The van der Waals surface area contributed by atoms with Crippen LogP contribution in [0.15, 0.2) is 149 Å². The molecule has 84 heavy (non-hydrogen) atoms. The Morgan fingerprint density at radius 1 is 0.571 bits per heavy atom. The van der Waals surface area contributed by atoms with Crippen molar-refractivity contribution in [3.63, 3.8) is 0 Å². The number of anilines is 7. The van der Waals surface area contributed by atoms with E-state index < -0.39 is 39.3 Å². The van der Waals surface area contributed by atoms with Gasteiger partial charge < -0.3 is 56.9 Å². The fourth-order valence-electron chi connectivity index (χ4n) is 7.94. The van der Waals surface area contributed by atoms with E-state index in [0.717, 1.165) is 12.0 Å². The number of phenolic OH excluding ortho intramolecular Hbond substituents is 2. The highest BCUT2D eigenvalue weighted by Crippen LogP contribution is 2.40. The van der Waals surface area contributed by atoms with E-state index in [1.165, 1.54) is 44.2 Å². The predicted octanol–water partition coefficient (Wildman–Crippen LogP) is 6.34. The van der Waals surface area contributed by atoms with Gasteiger partial charge >= 0.3 is 11.5 Å². The first-order chi connectivity index (χ1) is 40.0. The molecule has 9 rings (SSSR count). The van der Waals surface area contributed by atoms with E-state index in [0.29, 0.717) is 17.7 Å². The number of aromatic hydroxyl groups is 2. The summed E-state index contributed by atoms with van der Waals surface area (Å²) in [7, 11) is 9.60. The number of amides is 2. The number of fused-ring (bicyclic) bond motifs is 2. The number of hydrogen-bond donors (Lipinski definition) is 14. The number of aromatic nitrogens is 6. The average molecular weight is 1220 g/mol. The molecule has 4 heterocycles. The second-order valence-electron chi connectivity index (χ2n) is 19.0. The van der Waals surface area contributed by atoms with Gasteiger partial charge in [-0.25, -0.2) is 4.58 Å². The van der Waals surface area contributed by atoms with Crippen LogP contribution in [0.5, 0.6) is 23.0 Å². The van der Waals surface area contributed by atoms with Crippen LogP contribution in [-0.4, -0.2) is 120 Å². The maximum Gasteiger partial charge on any atom is 0.370 e. The molecule has 2 atom stereocenters. The number of H-pyrrole nitrogens is 6. The third-order valence-electron chi connectivity index (χ3n) is 12.5. The fraction of sp³-hybridized carbons (Fsp3) is 0.211. The summed E-state index contributed by atoms with van der Waals surface area (Å²) >= 11 is 3.00. The Kier molecular flexibility index (Phi) is 21.2. The average Bonchev–Trinajstić information content (AvgIpc) is 1.98. The van der Waals surface area contributed by atoms with Crippen LogP contribution in [0.2, 0.25) is 0 Å². The van der Waals surface area contributed by atoms with Crippen LogP contribution < -0.4 is 65.1 Å². The highest BCUT2D eigenvalue weighted by Gasteiger charge is 2.28. The second kappa shape index (κ2) is 28.3. The summed E-state index contributed by atoms with van der Waals surface area (Å²) in [5.74, 6) is -1.28. The number of phenols is 2. The van der Waals surface area contributed by atoms with Crippen molar-refractivity contribution in [3.05, 3.63) is 210 Å². The molecule has 1 aliphatic heterocycles. The molecule has 8 aromatic rings. The molecule has 0 saturated carbocycles. The molecule has 0 bridgehead atoms. The third-order valence-corrected chi connectivity index (χ3v) is 13.2. The lowest BCUT2D eigenvalue weighted by atomic mass is 10.0. The number of rotatable bonds is 13. The predicted molar refractivity (Wildman–Crippen MR) is 325 cm³/mol. The van der Waals surface area contributed by atoms with Crippen molar-refractivity contribution in [2.75, 3.05) is 63.6 Å². The molecular weight excluding hydrogens is 1150 g/mol. The molecule has 1 aliphatic rings. The normalized spacial score (nSPS) is 11.5. The number of nitrogens with two attached hydrogens (primary N) is 1. The van der Waals surface area contributed by atoms with Crippen LogP contribution in [0, 0.1) is 0 Å². The summed E-state index contributed by atoms with van der Waals surface area (Å²) in [6.45, 7) is 4.05. The lowest BCUT2D eigenvalue weighted by Gasteiger charge is -2.21. The van der Waals surface area contributed by atoms with Crippen molar-refractivity contribution in [1.29, 1.82) is 0 Å². The zero-order valence-corrected chi connectivity index (χ0v) is 48.4. The number of halogens is 1. The molecule has 27 heteroatoms. The molecule has 0 aliphatic carbocycles. The minimum Gasteiger partial charge on any atom is -0.505 e. The van der Waals surface area contributed by atoms with Gasteiger partial charge in [-0.1, -0.05) is 92.7 Å². The molecular formula is C57H64BrN14O12+. The summed E-state index contributed by atoms with van der Waals surface area (Å²) in [6, 6.07) is 33.8. The summed E-state index contributed by atoms with van der Waals surface area (Å²) in [5.41, 5.74) is 5.89. The van der Waals surface area contributed by atoms with Gasteiger partial charge in [-0.15, -0.1) is 0 Å². The lowest BCUT2D eigenvalue weighted by Crippen LogP contribution is -2.27. The number of aliphatic hydroxyl groups excluding tert-OH is 1. The number of benzene rings is 5. The maximum absolute atomic E-state index is 12.6. The van der Waals surface area contributed by atoms with E-state index in [1.54, 1.807) is 72.6 Å². The van der Waals surface area contributed by atoms with E-state index >= 15 is 0 Å². The number of hydrogen-bond acceptors (Lipinski definition) is 16. The summed E-state index contributed by atoms with van der Waals surface area (Å²) in [4.78, 5) is 98.8. The van der Waals surface area contributed by atoms with Crippen LogP contribution in [0.4, 0.5) is 39.8 Å². The molecule has 0 fully saturated rings. The molecule has 26 nitrogen and oxygen atoms in total. The Labute approximate surface area is 486 Å². The van der Waals surface area contributed by atoms with E-state index in [1.807, 2.05) is 55.5 Å². The van der Waals surface area contributed by atoms with Gasteiger partial charge in [0.05, 0.1) is 34.2 Å². The van der Waals surface area contributed by atoms with Crippen molar-refractivity contribution in [2.24, 2.45) is 5.73 Å². The standard InChI is InChI=1S/C22H25N5O4.C13H13BrN4O4.C13H12N4O4.C9H13N/c1-4-15(13-9-6-5-7-10-13)23-17-18(21(30)26-25-20(17)29)24-16-12-8-11-14(19(16)28)22(31)27(2)3;1-18(2)13(22)6-4-3-5-7(10(6)19)15-9-8(14)11(20)16-17-12(9)21;1-17(2)13(20)6-4-3-5-7-9(6)21-10-8(14-7)11(18)15-16-12(10)19;1-2-9(10)8-6-4-3-5-7-8/h5-12,15,28H,4H2,1-3H3,(H2,23,26,30)(H2,24,25,29);3-5,19H,1-2H3,(H,17,21)(H2,15,16,20);3-5H,1-2H3,(H3,14,15,16,18,19);3-7,9H,2,10H2,1H3/p+1/t15-;;;9-/m1..1/s1. The van der Waals surface area contributed by atoms with Gasteiger partial charge in [-0.05, 0) is 76.3 Å². The van der Waals surface area contributed by atoms with Gasteiger partial charge in [0.1, 0.15) is 41.2 Å². The molecule has 0 unspecified atom stereocenters. The quantitative estimate of drug-likeness (QED) is 0.0259. The Morgan fingerprint density at radius 3 is 1.54 bits per heavy atom. The van der Waals surface area contributed by atoms with Crippen LogP contribution >= 0.6 is 15.9 Å². The van der Waals surface area contributed by atoms with Gasteiger partial charge in [-0.3, -0.25) is 68.9 Å². The fourth-order valence-corrected chi connectivity index (χ4v) is 8.32. The number of nitrogens with one attached hydrogen (secondary N) is 10. The zero-order valence-electron chi connectivity index (χ0n) is 46.9. The maximum atomic E-state index is 12.6. The van der Waals surface area contributed by atoms with Gasteiger partial charge in [0, 0.05) is 34.2 Å². The lowest BCUT2D eigenvalue weighted by molar-refractivity contribution is -0.472. The first-order valence-corrected chi connectivity index (χ1v) is 26.5.